The van der Waals surface area contributed by atoms with E-state index in [1.165, 1.54) is 6.33 Å². The lowest BCUT2D eigenvalue weighted by Gasteiger charge is -2.06. The second-order valence-electron chi connectivity index (χ2n) is 3.56. The van der Waals surface area contributed by atoms with E-state index < -0.39 is 0 Å². The van der Waals surface area contributed by atoms with Crippen LogP contribution >= 0.6 is 11.6 Å². The first-order valence-electron chi connectivity index (χ1n) is 5.18. The molecule has 0 atom stereocenters. The number of aliphatic hydroxyl groups is 1. The molecule has 0 amide bonds. The number of hydrogen-bond donors (Lipinski definition) is 2. The number of hydrogen-bond acceptors (Lipinski definition) is 4. The lowest BCUT2D eigenvalue weighted by Crippen LogP contribution is -2.02. The summed E-state index contributed by atoms with van der Waals surface area (Å²) in [4.78, 5) is 7.84. The van der Waals surface area contributed by atoms with Gasteiger partial charge in [0.2, 0.25) is 0 Å². The fraction of sp³-hybridized carbons (Fsp3) is 0.167. The Hall–Kier alpha value is -1.65. The van der Waals surface area contributed by atoms with E-state index in [-0.39, 0.29) is 6.61 Å². The van der Waals surface area contributed by atoms with Gasteiger partial charge in [0.05, 0.1) is 6.61 Å². The average molecular weight is 250 g/mol. The van der Waals surface area contributed by atoms with Crippen LogP contribution in [0.5, 0.6) is 0 Å². The SMILES string of the molecule is OCc1cccc(CNc2cc(Cl)ncn2)c1. The lowest BCUT2D eigenvalue weighted by atomic mass is 10.1. The number of aromatic nitrogens is 2. The monoisotopic (exact) mass is 249 g/mol. The van der Waals surface area contributed by atoms with Gasteiger partial charge in [0.15, 0.2) is 0 Å². The van der Waals surface area contributed by atoms with Crippen molar-refractivity contribution in [1.29, 1.82) is 0 Å². The summed E-state index contributed by atoms with van der Waals surface area (Å²) in [6.45, 7) is 0.675. The van der Waals surface area contributed by atoms with Crippen molar-refractivity contribution in [3.8, 4) is 0 Å². The van der Waals surface area contributed by atoms with Crippen LogP contribution in [0.15, 0.2) is 36.7 Å². The number of halogens is 1. The minimum absolute atomic E-state index is 0.0488. The van der Waals surface area contributed by atoms with E-state index in [1.807, 2.05) is 24.3 Å². The van der Waals surface area contributed by atoms with Crippen molar-refractivity contribution < 1.29 is 5.11 Å². The van der Waals surface area contributed by atoms with Gasteiger partial charge in [0, 0.05) is 12.6 Å². The first-order chi connectivity index (χ1) is 8.28. The van der Waals surface area contributed by atoms with Gasteiger partial charge in [-0.05, 0) is 11.1 Å². The number of aliphatic hydroxyl groups excluding tert-OH is 1. The highest BCUT2D eigenvalue weighted by atomic mass is 35.5. The molecule has 0 saturated carbocycles. The highest BCUT2D eigenvalue weighted by molar-refractivity contribution is 6.29. The molecule has 0 unspecified atom stereocenters. The van der Waals surface area contributed by atoms with Gasteiger partial charge in [-0.3, -0.25) is 0 Å². The van der Waals surface area contributed by atoms with Gasteiger partial charge < -0.3 is 10.4 Å². The third kappa shape index (κ3) is 3.41. The summed E-state index contributed by atoms with van der Waals surface area (Å²) < 4.78 is 0. The second-order valence-corrected chi connectivity index (χ2v) is 3.94. The molecule has 0 aliphatic rings. The number of nitrogens with zero attached hydrogens (tertiary/aromatic N) is 2. The molecular weight excluding hydrogens is 238 g/mol. The minimum Gasteiger partial charge on any atom is -0.392 e. The van der Waals surface area contributed by atoms with Gasteiger partial charge in [0.1, 0.15) is 17.3 Å². The standard InChI is InChI=1S/C12H12ClN3O/c13-11-5-12(16-8-15-11)14-6-9-2-1-3-10(4-9)7-17/h1-5,8,17H,6-7H2,(H,14,15,16). The predicted molar refractivity (Wildman–Crippen MR) is 66.7 cm³/mol. The highest BCUT2D eigenvalue weighted by Gasteiger charge is 1.98. The number of nitrogens with one attached hydrogen (secondary N) is 1. The lowest BCUT2D eigenvalue weighted by molar-refractivity contribution is 0.281. The molecule has 2 aromatic rings. The largest absolute Gasteiger partial charge is 0.392 e. The van der Waals surface area contributed by atoms with Gasteiger partial charge in [-0.2, -0.15) is 0 Å². The zero-order valence-corrected chi connectivity index (χ0v) is 9.85. The van der Waals surface area contributed by atoms with Crippen LogP contribution in [0.1, 0.15) is 11.1 Å². The quantitative estimate of drug-likeness (QED) is 0.816. The number of anilines is 1. The third-order valence-corrected chi connectivity index (χ3v) is 2.49. The summed E-state index contributed by atoms with van der Waals surface area (Å²) in [5, 5.41) is 12.6. The Morgan fingerprint density at radius 2 is 2.00 bits per heavy atom. The van der Waals surface area contributed by atoms with Gasteiger partial charge in [0.25, 0.3) is 0 Å². The normalized spacial score (nSPS) is 10.2. The summed E-state index contributed by atoms with van der Waals surface area (Å²) in [6, 6.07) is 9.38. The van der Waals surface area contributed by atoms with Crippen LogP contribution in [0, 0.1) is 0 Å². The van der Waals surface area contributed by atoms with Crippen molar-refractivity contribution >= 4 is 17.4 Å². The summed E-state index contributed by atoms with van der Waals surface area (Å²) in [5.41, 5.74) is 1.97. The zero-order valence-electron chi connectivity index (χ0n) is 9.10. The maximum absolute atomic E-state index is 9.03. The minimum atomic E-state index is 0.0488. The van der Waals surface area contributed by atoms with Crippen LogP contribution < -0.4 is 5.32 Å². The maximum atomic E-state index is 9.03. The van der Waals surface area contributed by atoms with E-state index in [9.17, 15) is 0 Å². The zero-order chi connectivity index (χ0) is 12.1. The van der Waals surface area contributed by atoms with Crippen LogP contribution in [-0.2, 0) is 13.2 Å². The van der Waals surface area contributed by atoms with Crippen molar-refractivity contribution in [1.82, 2.24) is 9.97 Å². The molecule has 0 spiro atoms. The molecule has 5 heteroatoms. The Bertz CT molecular complexity index is 505. The number of rotatable bonds is 4. The van der Waals surface area contributed by atoms with Crippen LogP contribution in [0.3, 0.4) is 0 Å². The fourth-order valence-electron chi connectivity index (χ4n) is 1.46. The van der Waals surface area contributed by atoms with Gasteiger partial charge >= 0.3 is 0 Å². The van der Waals surface area contributed by atoms with Crippen LogP contribution in [0.25, 0.3) is 0 Å². The molecule has 0 aliphatic carbocycles. The molecule has 1 aromatic carbocycles. The van der Waals surface area contributed by atoms with Crippen molar-refractivity contribution in [2.45, 2.75) is 13.2 Å². The highest BCUT2D eigenvalue weighted by Crippen LogP contribution is 2.11. The van der Waals surface area contributed by atoms with E-state index in [4.69, 9.17) is 16.7 Å². The fourth-order valence-corrected chi connectivity index (χ4v) is 1.61. The molecule has 0 aliphatic heterocycles. The smallest absolute Gasteiger partial charge is 0.134 e. The van der Waals surface area contributed by atoms with Crippen LogP contribution in [0.2, 0.25) is 5.15 Å². The molecule has 1 aromatic heterocycles. The van der Waals surface area contributed by atoms with E-state index >= 15 is 0 Å². The van der Waals surface area contributed by atoms with E-state index in [0.29, 0.717) is 17.5 Å². The molecule has 0 fully saturated rings. The van der Waals surface area contributed by atoms with E-state index in [0.717, 1.165) is 11.1 Å². The van der Waals surface area contributed by atoms with Gasteiger partial charge in [-0.25, -0.2) is 9.97 Å². The number of benzene rings is 1. The molecular formula is C12H12ClN3O. The molecule has 0 bridgehead atoms. The Balaban J connectivity index is 2.02. The molecule has 4 nitrogen and oxygen atoms in total. The molecule has 2 rings (SSSR count). The van der Waals surface area contributed by atoms with Crippen molar-refractivity contribution in [3.05, 3.63) is 52.9 Å². The van der Waals surface area contributed by atoms with Gasteiger partial charge in [-0.15, -0.1) is 0 Å². The summed E-state index contributed by atoms with van der Waals surface area (Å²) in [6.07, 6.45) is 1.41. The topological polar surface area (TPSA) is 58.0 Å². The summed E-state index contributed by atoms with van der Waals surface area (Å²) in [5.74, 6) is 0.680. The second kappa shape index (κ2) is 5.61. The average Bonchev–Trinajstić information content (AvgIpc) is 2.37. The van der Waals surface area contributed by atoms with Crippen molar-refractivity contribution in [2.24, 2.45) is 0 Å². The van der Waals surface area contributed by atoms with Crippen molar-refractivity contribution in [3.63, 3.8) is 0 Å². The maximum Gasteiger partial charge on any atom is 0.134 e. The summed E-state index contributed by atoms with van der Waals surface area (Å²) in [7, 11) is 0. The Morgan fingerprint density at radius 3 is 2.76 bits per heavy atom. The van der Waals surface area contributed by atoms with E-state index in [2.05, 4.69) is 15.3 Å². The predicted octanol–water partition coefficient (Wildman–Crippen LogP) is 2.23. The van der Waals surface area contributed by atoms with E-state index in [1.54, 1.807) is 6.07 Å². The molecule has 1 heterocycles. The first-order valence-corrected chi connectivity index (χ1v) is 5.56. The molecule has 0 radical (unpaired) electrons. The molecule has 2 N–H and O–H groups in total. The Kier molecular flexibility index (Phi) is 3.90. The Labute approximate surface area is 104 Å². The van der Waals surface area contributed by atoms with Gasteiger partial charge in [-0.1, -0.05) is 35.9 Å². The van der Waals surface area contributed by atoms with Crippen LogP contribution in [0.4, 0.5) is 5.82 Å². The third-order valence-electron chi connectivity index (χ3n) is 2.28. The van der Waals surface area contributed by atoms with Crippen LogP contribution in [-0.4, -0.2) is 15.1 Å². The molecule has 0 saturated heterocycles. The molecule has 88 valence electrons. The Morgan fingerprint density at radius 1 is 1.18 bits per heavy atom. The summed E-state index contributed by atoms with van der Waals surface area (Å²) >= 11 is 5.75. The van der Waals surface area contributed by atoms with Crippen molar-refractivity contribution in [2.75, 3.05) is 5.32 Å². The molecule has 17 heavy (non-hydrogen) atoms. The first kappa shape index (κ1) is 11.8.